The summed E-state index contributed by atoms with van der Waals surface area (Å²) in [7, 11) is 0. The summed E-state index contributed by atoms with van der Waals surface area (Å²) in [5.74, 6) is 2.00. The Balaban J connectivity index is 1.54. The molecule has 124 valence electrons. The third-order valence-corrected chi connectivity index (χ3v) is 3.81. The minimum atomic E-state index is -0.130. The minimum Gasteiger partial charge on any atom is -0.339 e. The van der Waals surface area contributed by atoms with E-state index in [-0.39, 0.29) is 11.3 Å². The highest BCUT2D eigenvalue weighted by Crippen LogP contribution is 2.20. The lowest BCUT2D eigenvalue weighted by molar-refractivity contribution is -0.119. The van der Waals surface area contributed by atoms with Crippen LogP contribution in [-0.4, -0.2) is 37.4 Å². The van der Waals surface area contributed by atoms with Crippen LogP contribution in [0.5, 0.6) is 0 Å². The molecule has 8 nitrogen and oxygen atoms in total. The van der Waals surface area contributed by atoms with Gasteiger partial charge in [-0.25, -0.2) is 4.68 Å². The van der Waals surface area contributed by atoms with Crippen molar-refractivity contribution in [3.05, 3.63) is 18.0 Å². The topological polar surface area (TPSA) is 89.9 Å². The molecule has 1 amide bonds. The van der Waals surface area contributed by atoms with E-state index in [0.29, 0.717) is 43.5 Å². The predicted molar refractivity (Wildman–Crippen MR) is 82.9 cm³/mol. The first-order chi connectivity index (χ1) is 10.9. The number of carbonyl (C=O) groups is 1. The van der Waals surface area contributed by atoms with Gasteiger partial charge in [0.15, 0.2) is 5.82 Å². The summed E-state index contributed by atoms with van der Waals surface area (Å²) >= 11 is 0. The van der Waals surface area contributed by atoms with E-state index < -0.39 is 0 Å². The van der Waals surface area contributed by atoms with Gasteiger partial charge in [-0.15, -0.1) is 0 Å². The molecule has 0 radical (unpaired) electrons. The predicted octanol–water partition coefficient (Wildman–Crippen LogP) is 1.72. The zero-order chi connectivity index (χ0) is 16.4. The van der Waals surface area contributed by atoms with Crippen molar-refractivity contribution in [2.45, 2.75) is 58.4 Å². The molecule has 0 unspecified atom stereocenters. The van der Waals surface area contributed by atoms with Crippen LogP contribution in [0.25, 0.3) is 0 Å². The lowest BCUT2D eigenvalue weighted by atomic mass is 9.96. The lowest BCUT2D eigenvalue weighted by Gasteiger charge is -2.25. The molecular formula is C15H22N6O2. The molecule has 3 heterocycles. The molecule has 0 aromatic carbocycles. The monoisotopic (exact) mass is 318 g/mol. The van der Waals surface area contributed by atoms with Gasteiger partial charge < -0.3 is 4.52 Å². The van der Waals surface area contributed by atoms with E-state index in [0.717, 1.165) is 13.0 Å². The minimum absolute atomic E-state index is 0.0644. The Morgan fingerprint density at radius 2 is 2.17 bits per heavy atom. The molecule has 8 heteroatoms. The Bertz CT molecular complexity index is 684. The molecule has 2 aromatic rings. The first kappa shape index (κ1) is 15.6. The van der Waals surface area contributed by atoms with Gasteiger partial charge in [0.2, 0.25) is 17.7 Å². The molecule has 2 aromatic heterocycles. The number of nitrogens with zero attached hydrogens (tertiary/aromatic N) is 6. The SMILES string of the molecule is CC(C)(C)c1noc(CCCC(=O)N2CCCn3ncnc32)n1. The van der Waals surface area contributed by atoms with Crippen molar-refractivity contribution in [1.29, 1.82) is 0 Å². The van der Waals surface area contributed by atoms with Crippen molar-refractivity contribution in [3.8, 4) is 0 Å². The number of anilines is 1. The number of hydrogen-bond acceptors (Lipinski definition) is 6. The zero-order valence-electron chi connectivity index (χ0n) is 13.8. The van der Waals surface area contributed by atoms with Gasteiger partial charge in [-0.05, 0) is 12.8 Å². The first-order valence-corrected chi connectivity index (χ1v) is 7.96. The van der Waals surface area contributed by atoms with Gasteiger partial charge in [-0.1, -0.05) is 25.9 Å². The molecule has 0 atom stereocenters. The Kier molecular flexibility index (Phi) is 4.14. The van der Waals surface area contributed by atoms with Gasteiger partial charge in [-0.3, -0.25) is 9.69 Å². The maximum atomic E-state index is 12.4. The van der Waals surface area contributed by atoms with Gasteiger partial charge >= 0.3 is 0 Å². The molecule has 0 saturated heterocycles. The average Bonchev–Trinajstić information content (AvgIpc) is 3.14. The van der Waals surface area contributed by atoms with Crippen molar-refractivity contribution < 1.29 is 9.32 Å². The summed E-state index contributed by atoms with van der Waals surface area (Å²) in [5.41, 5.74) is -0.130. The van der Waals surface area contributed by atoms with Crippen LogP contribution in [0.4, 0.5) is 5.95 Å². The molecule has 0 aliphatic carbocycles. The highest BCUT2D eigenvalue weighted by molar-refractivity contribution is 5.91. The van der Waals surface area contributed by atoms with Crippen LogP contribution in [0.2, 0.25) is 0 Å². The van der Waals surface area contributed by atoms with Crippen LogP contribution in [-0.2, 0) is 23.2 Å². The molecule has 3 rings (SSSR count). The molecular weight excluding hydrogens is 296 g/mol. The van der Waals surface area contributed by atoms with Crippen molar-refractivity contribution in [1.82, 2.24) is 24.9 Å². The van der Waals surface area contributed by atoms with Crippen molar-refractivity contribution in [2.24, 2.45) is 0 Å². The van der Waals surface area contributed by atoms with E-state index in [1.807, 2.05) is 20.8 Å². The van der Waals surface area contributed by atoms with Crippen LogP contribution in [0, 0.1) is 0 Å². The highest BCUT2D eigenvalue weighted by atomic mass is 16.5. The fourth-order valence-electron chi connectivity index (χ4n) is 2.53. The maximum Gasteiger partial charge on any atom is 0.230 e. The molecule has 0 saturated carbocycles. The molecule has 0 bridgehead atoms. The van der Waals surface area contributed by atoms with Crippen LogP contribution < -0.4 is 4.90 Å². The van der Waals surface area contributed by atoms with Crippen molar-refractivity contribution in [2.75, 3.05) is 11.4 Å². The normalized spacial score (nSPS) is 14.8. The highest BCUT2D eigenvalue weighted by Gasteiger charge is 2.24. The first-order valence-electron chi connectivity index (χ1n) is 7.96. The van der Waals surface area contributed by atoms with Crippen LogP contribution >= 0.6 is 0 Å². The summed E-state index contributed by atoms with van der Waals surface area (Å²) in [5, 5.41) is 8.12. The number of hydrogen-bond donors (Lipinski definition) is 0. The van der Waals surface area contributed by atoms with E-state index in [9.17, 15) is 4.79 Å². The second kappa shape index (κ2) is 6.10. The Hall–Kier alpha value is -2.25. The van der Waals surface area contributed by atoms with Crippen molar-refractivity contribution in [3.63, 3.8) is 0 Å². The van der Waals surface area contributed by atoms with E-state index in [1.54, 1.807) is 9.58 Å². The number of rotatable bonds is 4. The fraction of sp³-hybridized carbons (Fsp3) is 0.667. The lowest BCUT2D eigenvalue weighted by Crippen LogP contribution is -2.38. The Labute approximate surface area is 134 Å². The quantitative estimate of drug-likeness (QED) is 0.852. The molecule has 0 spiro atoms. The second-order valence-corrected chi connectivity index (χ2v) is 6.80. The Morgan fingerprint density at radius 3 is 2.91 bits per heavy atom. The van der Waals surface area contributed by atoms with Crippen molar-refractivity contribution >= 4 is 11.9 Å². The average molecular weight is 318 g/mol. The third kappa shape index (κ3) is 3.40. The zero-order valence-corrected chi connectivity index (χ0v) is 13.8. The van der Waals surface area contributed by atoms with Crippen LogP contribution in [0.1, 0.15) is 51.7 Å². The molecule has 0 fully saturated rings. The number of carbonyl (C=O) groups excluding carboxylic acids is 1. The smallest absolute Gasteiger partial charge is 0.230 e. The maximum absolute atomic E-state index is 12.4. The fourth-order valence-corrected chi connectivity index (χ4v) is 2.53. The van der Waals surface area contributed by atoms with Crippen LogP contribution in [0.15, 0.2) is 10.9 Å². The summed E-state index contributed by atoms with van der Waals surface area (Å²) in [6.07, 6.45) is 4.11. The van der Waals surface area contributed by atoms with E-state index in [4.69, 9.17) is 4.52 Å². The van der Waals surface area contributed by atoms with Gasteiger partial charge in [0.1, 0.15) is 6.33 Å². The van der Waals surface area contributed by atoms with E-state index in [2.05, 4.69) is 20.2 Å². The molecule has 0 N–H and O–H groups in total. The summed E-state index contributed by atoms with van der Waals surface area (Å²) in [4.78, 5) is 22.7. The molecule has 1 aliphatic heterocycles. The van der Waals surface area contributed by atoms with Gasteiger partial charge in [0, 0.05) is 31.3 Å². The van der Waals surface area contributed by atoms with Gasteiger partial charge in [0.25, 0.3) is 0 Å². The number of aromatic nitrogens is 5. The third-order valence-electron chi connectivity index (χ3n) is 3.81. The summed E-state index contributed by atoms with van der Waals surface area (Å²) < 4.78 is 7.02. The number of fused-ring (bicyclic) bond motifs is 1. The van der Waals surface area contributed by atoms with E-state index in [1.165, 1.54) is 6.33 Å². The van der Waals surface area contributed by atoms with Gasteiger partial charge in [-0.2, -0.15) is 15.1 Å². The summed E-state index contributed by atoms with van der Waals surface area (Å²) in [6, 6.07) is 0. The largest absolute Gasteiger partial charge is 0.339 e. The molecule has 1 aliphatic rings. The molecule has 23 heavy (non-hydrogen) atoms. The van der Waals surface area contributed by atoms with Gasteiger partial charge in [0.05, 0.1) is 0 Å². The Morgan fingerprint density at radius 1 is 1.35 bits per heavy atom. The summed E-state index contributed by atoms with van der Waals surface area (Å²) in [6.45, 7) is 7.63. The second-order valence-electron chi connectivity index (χ2n) is 6.80. The van der Waals surface area contributed by atoms with Crippen LogP contribution in [0.3, 0.4) is 0 Å². The van der Waals surface area contributed by atoms with E-state index >= 15 is 0 Å². The number of amides is 1. The standard InChI is InChI=1S/C15H22N6O2/c1-15(2,3)13-18-11(23-19-13)6-4-7-12(22)20-8-5-9-21-14(20)16-10-17-21/h10H,4-9H2,1-3H3. The number of aryl methyl sites for hydroxylation is 2.